The van der Waals surface area contributed by atoms with Crippen LogP contribution in [0.2, 0.25) is 0 Å². The summed E-state index contributed by atoms with van der Waals surface area (Å²) in [5, 5.41) is 11.9. The van der Waals surface area contributed by atoms with E-state index in [9.17, 15) is 4.79 Å². The van der Waals surface area contributed by atoms with Gasteiger partial charge in [-0.2, -0.15) is 0 Å². The van der Waals surface area contributed by atoms with Gasteiger partial charge in [-0.3, -0.25) is 0 Å². The summed E-state index contributed by atoms with van der Waals surface area (Å²) in [6, 6.07) is 4.07. The van der Waals surface area contributed by atoms with Crippen molar-refractivity contribution in [2.75, 3.05) is 11.9 Å². The molecule has 92 valence electrons. The van der Waals surface area contributed by atoms with Gasteiger partial charge < -0.3 is 10.4 Å². The highest BCUT2D eigenvalue weighted by molar-refractivity contribution is 9.10. The summed E-state index contributed by atoms with van der Waals surface area (Å²) in [5.74, 6) is -0.909. The van der Waals surface area contributed by atoms with Gasteiger partial charge in [0.2, 0.25) is 0 Å². The molecule has 0 bridgehead atoms. The molecule has 0 aliphatic heterocycles. The molecule has 0 heterocycles. The second-order valence-electron chi connectivity index (χ2n) is 4.10. The zero-order chi connectivity index (χ0) is 13.0. The van der Waals surface area contributed by atoms with Gasteiger partial charge >= 0.3 is 5.97 Å². The van der Waals surface area contributed by atoms with Gasteiger partial charge in [-0.05, 0) is 49.6 Å². The number of aliphatic carboxylic acids is 1. The zero-order valence-corrected chi connectivity index (χ0v) is 11.8. The first-order chi connectivity index (χ1) is 7.90. The highest BCUT2D eigenvalue weighted by atomic mass is 79.9. The molecule has 2 N–H and O–H groups in total. The summed E-state index contributed by atoms with van der Waals surface area (Å²) < 4.78 is 1.05. The maximum atomic E-state index is 10.5. The lowest BCUT2D eigenvalue weighted by Crippen LogP contribution is -2.07. The van der Waals surface area contributed by atoms with Crippen LogP contribution in [-0.2, 0) is 4.79 Å². The van der Waals surface area contributed by atoms with E-state index in [1.165, 1.54) is 6.08 Å². The van der Waals surface area contributed by atoms with Crippen LogP contribution in [0.15, 0.2) is 28.3 Å². The number of halogens is 1. The standard InChI is InChI=1S/C13H16BrNO2/c1-8(4-12(16)17)7-15-13-9(2)5-11(14)6-10(13)3/h4-6,15H,7H2,1-3H3,(H,16,17). The van der Waals surface area contributed by atoms with E-state index < -0.39 is 5.97 Å². The normalized spacial score (nSPS) is 11.4. The number of hydrogen-bond acceptors (Lipinski definition) is 2. The Morgan fingerprint density at radius 1 is 1.41 bits per heavy atom. The molecule has 0 aliphatic rings. The Labute approximate surface area is 110 Å². The van der Waals surface area contributed by atoms with Crippen molar-refractivity contribution >= 4 is 27.6 Å². The Bertz CT molecular complexity index is 443. The van der Waals surface area contributed by atoms with Crippen LogP contribution >= 0.6 is 15.9 Å². The van der Waals surface area contributed by atoms with E-state index in [0.717, 1.165) is 26.9 Å². The fourth-order valence-corrected chi connectivity index (χ4v) is 2.37. The summed E-state index contributed by atoms with van der Waals surface area (Å²) in [4.78, 5) is 10.5. The molecule has 0 saturated carbocycles. The van der Waals surface area contributed by atoms with Gasteiger partial charge in [0.25, 0.3) is 0 Å². The zero-order valence-electron chi connectivity index (χ0n) is 10.2. The molecule has 17 heavy (non-hydrogen) atoms. The highest BCUT2D eigenvalue weighted by Crippen LogP contribution is 2.25. The molecule has 0 amide bonds. The number of carboxylic acid groups (broad SMARTS) is 1. The van der Waals surface area contributed by atoms with Gasteiger partial charge in [-0.25, -0.2) is 4.79 Å². The predicted octanol–water partition coefficient (Wildman–Crippen LogP) is 3.51. The first-order valence-electron chi connectivity index (χ1n) is 5.31. The second kappa shape index (κ2) is 5.87. The Balaban J connectivity index is 2.80. The fourth-order valence-electron chi connectivity index (χ4n) is 1.68. The maximum absolute atomic E-state index is 10.5. The van der Waals surface area contributed by atoms with E-state index in [0.29, 0.717) is 6.54 Å². The molecule has 0 atom stereocenters. The summed E-state index contributed by atoms with van der Waals surface area (Å²) in [7, 11) is 0. The van der Waals surface area contributed by atoms with Crippen LogP contribution in [0.4, 0.5) is 5.69 Å². The lowest BCUT2D eigenvalue weighted by atomic mass is 10.1. The molecule has 0 aromatic heterocycles. The van der Waals surface area contributed by atoms with Crippen molar-refractivity contribution in [3.63, 3.8) is 0 Å². The van der Waals surface area contributed by atoms with Gasteiger partial charge in [-0.15, -0.1) is 0 Å². The smallest absolute Gasteiger partial charge is 0.328 e. The number of carbonyl (C=O) groups is 1. The van der Waals surface area contributed by atoms with E-state index >= 15 is 0 Å². The van der Waals surface area contributed by atoms with E-state index in [-0.39, 0.29) is 0 Å². The second-order valence-corrected chi connectivity index (χ2v) is 5.01. The Hall–Kier alpha value is -1.29. The number of aryl methyl sites for hydroxylation is 2. The van der Waals surface area contributed by atoms with Crippen molar-refractivity contribution in [3.05, 3.63) is 39.4 Å². The summed E-state index contributed by atoms with van der Waals surface area (Å²) >= 11 is 3.44. The van der Waals surface area contributed by atoms with Crippen LogP contribution < -0.4 is 5.32 Å². The Morgan fingerprint density at radius 2 is 1.94 bits per heavy atom. The minimum absolute atomic E-state index is 0.537. The third-order valence-corrected chi connectivity index (χ3v) is 2.87. The van der Waals surface area contributed by atoms with Crippen LogP contribution in [0.5, 0.6) is 0 Å². The van der Waals surface area contributed by atoms with Gasteiger partial charge in [0.1, 0.15) is 0 Å². The molecule has 0 saturated heterocycles. The Kier molecular flexibility index (Phi) is 4.75. The summed E-state index contributed by atoms with van der Waals surface area (Å²) in [5.41, 5.74) is 4.13. The average molecular weight is 298 g/mol. The lowest BCUT2D eigenvalue weighted by Gasteiger charge is -2.13. The topological polar surface area (TPSA) is 49.3 Å². The number of anilines is 1. The van der Waals surface area contributed by atoms with Crippen molar-refractivity contribution in [2.45, 2.75) is 20.8 Å². The molecule has 0 radical (unpaired) electrons. The van der Waals surface area contributed by atoms with Crippen molar-refractivity contribution in [3.8, 4) is 0 Å². The fraction of sp³-hybridized carbons (Fsp3) is 0.308. The van der Waals surface area contributed by atoms with Crippen LogP contribution in [0.1, 0.15) is 18.1 Å². The molecule has 1 rings (SSSR count). The number of nitrogens with one attached hydrogen (secondary N) is 1. The van der Waals surface area contributed by atoms with E-state index in [4.69, 9.17) is 5.11 Å². The van der Waals surface area contributed by atoms with Crippen LogP contribution in [0, 0.1) is 13.8 Å². The van der Waals surface area contributed by atoms with E-state index in [1.54, 1.807) is 6.92 Å². The average Bonchev–Trinajstić information content (AvgIpc) is 2.14. The quantitative estimate of drug-likeness (QED) is 0.836. The van der Waals surface area contributed by atoms with Gasteiger partial charge in [0.05, 0.1) is 0 Å². The molecular formula is C13H16BrNO2. The lowest BCUT2D eigenvalue weighted by molar-refractivity contribution is -0.131. The predicted molar refractivity (Wildman–Crippen MR) is 73.5 cm³/mol. The van der Waals surface area contributed by atoms with E-state index in [2.05, 4.69) is 21.2 Å². The maximum Gasteiger partial charge on any atom is 0.328 e. The summed E-state index contributed by atoms with van der Waals surface area (Å²) in [6.45, 7) is 6.38. The number of rotatable bonds is 4. The third-order valence-electron chi connectivity index (χ3n) is 2.41. The van der Waals surface area contributed by atoms with Gasteiger partial charge in [0, 0.05) is 22.8 Å². The highest BCUT2D eigenvalue weighted by Gasteiger charge is 2.04. The minimum Gasteiger partial charge on any atom is -0.478 e. The van der Waals surface area contributed by atoms with Crippen molar-refractivity contribution in [1.29, 1.82) is 0 Å². The molecular weight excluding hydrogens is 282 g/mol. The van der Waals surface area contributed by atoms with Crippen LogP contribution in [-0.4, -0.2) is 17.6 Å². The SMILES string of the molecule is CC(=CC(=O)O)CNc1c(C)cc(Br)cc1C. The van der Waals surface area contributed by atoms with E-state index in [1.807, 2.05) is 26.0 Å². The molecule has 0 spiro atoms. The largest absolute Gasteiger partial charge is 0.478 e. The number of carboxylic acids is 1. The van der Waals surface area contributed by atoms with Gasteiger partial charge in [0.15, 0.2) is 0 Å². The molecule has 0 aliphatic carbocycles. The first kappa shape index (κ1) is 13.8. The van der Waals surface area contributed by atoms with Crippen molar-refractivity contribution in [2.24, 2.45) is 0 Å². The first-order valence-corrected chi connectivity index (χ1v) is 6.10. The van der Waals surface area contributed by atoms with Crippen molar-refractivity contribution < 1.29 is 9.90 Å². The molecule has 0 fully saturated rings. The van der Waals surface area contributed by atoms with Crippen LogP contribution in [0.3, 0.4) is 0 Å². The molecule has 3 nitrogen and oxygen atoms in total. The monoisotopic (exact) mass is 297 g/mol. The number of benzene rings is 1. The minimum atomic E-state index is -0.909. The van der Waals surface area contributed by atoms with Gasteiger partial charge in [-0.1, -0.05) is 15.9 Å². The summed E-state index contributed by atoms with van der Waals surface area (Å²) in [6.07, 6.45) is 1.22. The molecule has 4 heteroatoms. The van der Waals surface area contributed by atoms with Crippen molar-refractivity contribution in [1.82, 2.24) is 0 Å². The Morgan fingerprint density at radius 3 is 2.41 bits per heavy atom. The molecule has 1 aromatic carbocycles. The van der Waals surface area contributed by atoms with Crippen LogP contribution in [0.25, 0.3) is 0 Å². The number of hydrogen-bond donors (Lipinski definition) is 2. The molecule has 0 unspecified atom stereocenters. The molecule has 1 aromatic rings. The third kappa shape index (κ3) is 4.23.